The van der Waals surface area contributed by atoms with Gasteiger partial charge in [0.1, 0.15) is 5.49 Å². The van der Waals surface area contributed by atoms with Crippen molar-refractivity contribution in [3.8, 4) is 0 Å². The number of hydrogen-bond acceptors (Lipinski definition) is 3. The number of rotatable bonds is 2. The maximum Gasteiger partial charge on any atom is 0.274 e. The van der Waals surface area contributed by atoms with Crippen molar-refractivity contribution < 1.29 is 22.4 Å². The van der Waals surface area contributed by atoms with E-state index in [1.54, 1.807) is 0 Å². The summed E-state index contributed by atoms with van der Waals surface area (Å²) in [6, 6.07) is 0. The fraction of sp³-hybridized carbons (Fsp3) is 1.00. The standard InChI is InChI=1S/CH5O5PS/c2-7(3)1-8(4,5)6/h7H,1H2,(H,2,3)(H,4,5,6). The molecule has 1 unspecified atom stereocenters. The third-order valence-corrected chi connectivity index (χ3v) is 2.75. The molecular weight excluding hydrogens is 155 g/mol. The van der Waals surface area contributed by atoms with Crippen molar-refractivity contribution in [2.75, 3.05) is 5.49 Å². The number of hydrogen-bond donors (Lipinski definition) is 2. The molecule has 0 aromatic heterocycles. The molecule has 50 valence electrons. The fourth-order valence-electron chi connectivity index (χ4n) is 0.156. The summed E-state index contributed by atoms with van der Waals surface area (Å²) in [6.07, 6.45) is 0. The van der Waals surface area contributed by atoms with Gasteiger partial charge in [0.2, 0.25) is 8.03 Å². The Kier molecular flexibility index (Phi) is 2.62. The average Bonchev–Trinajstić information content (AvgIpc) is 1.21. The zero-order valence-electron chi connectivity index (χ0n) is 3.73. The van der Waals surface area contributed by atoms with E-state index in [9.17, 15) is 13.0 Å². The summed E-state index contributed by atoms with van der Waals surface area (Å²) in [5.74, 6) is 0. The van der Waals surface area contributed by atoms with Gasteiger partial charge in [-0.05, 0) is 0 Å². The molecule has 0 aromatic rings. The Morgan fingerprint density at radius 1 is 1.50 bits per heavy atom. The topological polar surface area (TPSA) is 91.7 Å². The highest BCUT2D eigenvalue weighted by Gasteiger charge is 2.06. The molecule has 0 fully saturated rings. The molecule has 0 saturated carbocycles. The van der Waals surface area contributed by atoms with Crippen LogP contribution < -0.4 is 0 Å². The summed E-state index contributed by atoms with van der Waals surface area (Å²) in [6.45, 7) is 0. The molecule has 0 aliphatic heterocycles. The average molecular weight is 160 g/mol. The molecule has 0 bridgehead atoms. The Bertz CT molecular complexity index is 179. The molecule has 7 heteroatoms. The predicted octanol–water partition coefficient (Wildman–Crippen LogP) is -0.701. The van der Waals surface area contributed by atoms with Crippen LogP contribution in [0.15, 0.2) is 0 Å². The van der Waals surface area contributed by atoms with Gasteiger partial charge in [0.15, 0.2) is 0 Å². The zero-order chi connectivity index (χ0) is 6.78. The van der Waals surface area contributed by atoms with E-state index >= 15 is 0 Å². The van der Waals surface area contributed by atoms with E-state index in [4.69, 9.17) is 9.45 Å². The lowest BCUT2D eigenvalue weighted by molar-refractivity contribution is 0.480. The SMILES string of the molecule is O=[PH](O)CS(=O)(=O)O. The van der Waals surface area contributed by atoms with Crippen LogP contribution in [0.1, 0.15) is 0 Å². The van der Waals surface area contributed by atoms with E-state index < -0.39 is 23.6 Å². The van der Waals surface area contributed by atoms with E-state index in [2.05, 4.69) is 0 Å². The van der Waals surface area contributed by atoms with Crippen molar-refractivity contribution in [3.63, 3.8) is 0 Å². The molecule has 0 heterocycles. The van der Waals surface area contributed by atoms with Crippen LogP contribution in [0.3, 0.4) is 0 Å². The minimum Gasteiger partial charge on any atom is -0.346 e. The first kappa shape index (κ1) is 8.10. The predicted molar refractivity (Wildman–Crippen MR) is 27.6 cm³/mol. The molecule has 8 heavy (non-hydrogen) atoms. The van der Waals surface area contributed by atoms with Crippen LogP contribution in [0.25, 0.3) is 0 Å². The van der Waals surface area contributed by atoms with E-state index in [0.29, 0.717) is 0 Å². The molecule has 0 aromatic carbocycles. The largest absolute Gasteiger partial charge is 0.346 e. The molecule has 1 atom stereocenters. The summed E-state index contributed by atoms with van der Waals surface area (Å²) in [4.78, 5) is 7.90. The molecule has 0 aliphatic rings. The van der Waals surface area contributed by atoms with Crippen molar-refractivity contribution in [3.05, 3.63) is 0 Å². The maximum atomic E-state index is 9.66. The molecule has 0 rings (SSSR count). The van der Waals surface area contributed by atoms with E-state index in [0.717, 1.165) is 0 Å². The van der Waals surface area contributed by atoms with Crippen LogP contribution in [0, 0.1) is 0 Å². The highest BCUT2D eigenvalue weighted by atomic mass is 32.2. The highest BCUT2D eigenvalue weighted by molar-refractivity contribution is 7.91. The first-order chi connectivity index (χ1) is 3.42. The minimum atomic E-state index is -4.24. The van der Waals surface area contributed by atoms with Crippen molar-refractivity contribution in [2.24, 2.45) is 0 Å². The van der Waals surface area contributed by atoms with Crippen molar-refractivity contribution >= 4 is 18.1 Å². The second-order valence-corrected chi connectivity index (χ2v) is 4.23. The van der Waals surface area contributed by atoms with Crippen LogP contribution >= 0.6 is 8.03 Å². The monoisotopic (exact) mass is 160 g/mol. The molecule has 0 spiro atoms. The van der Waals surface area contributed by atoms with Crippen LogP contribution in [0.2, 0.25) is 0 Å². The normalized spacial score (nSPS) is 15.8. The van der Waals surface area contributed by atoms with Gasteiger partial charge < -0.3 is 4.89 Å². The van der Waals surface area contributed by atoms with Crippen molar-refractivity contribution in [2.45, 2.75) is 0 Å². The van der Waals surface area contributed by atoms with Gasteiger partial charge in [-0.15, -0.1) is 0 Å². The van der Waals surface area contributed by atoms with Crippen LogP contribution in [-0.4, -0.2) is 23.4 Å². The summed E-state index contributed by atoms with van der Waals surface area (Å²) in [5.41, 5.74) is -1.04. The van der Waals surface area contributed by atoms with Gasteiger partial charge in [-0.25, -0.2) is 0 Å². The van der Waals surface area contributed by atoms with Crippen LogP contribution in [0.4, 0.5) is 0 Å². The van der Waals surface area contributed by atoms with E-state index in [-0.39, 0.29) is 0 Å². The first-order valence-corrected chi connectivity index (χ1v) is 4.76. The molecule has 0 radical (unpaired) electrons. The quantitative estimate of drug-likeness (QED) is 0.411. The lowest BCUT2D eigenvalue weighted by Crippen LogP contribution is -1.98. The van der Waals surface area contributed by atoms with Gasteiger partial charge in [0.25, 0.3) is 10.1 Å². The van der Waals surface area contributed by atoms with Gasteiger partial charge in [-0.1, -0.05) is 0 Å². The molecular formula is CH5O5PS. The van der Waals surface area contributed by atoms with Crippen molar-refractivity contribution in [1.29, 1.82) is 0 Å². The molecule has 2 N–H and O–H groups in total. The second kappa shape index (κ2) is 2.59. The van der Waals surface area contributed by atoms with Gasteiger partial charge in [0.05, 0.1) is 0 Å². The third-order valence-electron chi connectivity index (χ3n) is 0.306. The lowest BCUT2D eigenvalue weighted by atomic mass is 11.9. The fourth-order valence-corrected chi connectivity index (χ4v) is 1.40. The van der Waals surface area contributed by atoms with E-state index in [1.807, 2.05) is 0 Å². The zero-order valence-corrected chi connectivity index (χ0v) is 5.55. The van der Waals surface area contributed by atoms with E-state index in [1.165, 1.54) is 0 Å². The summed E-state index contributed by atoms with van der Waals surface area (Å²) >= 11 is 0. The molecule has 0 aliphatic carbocycles. The molecule has 5 nitrogen and oxygen atoms in total. The Labute approximate surface area is 47.0 Å². The van der Waals surface area contributed by atoms with Crippen LogP contribution in [-0.2, 0) is 14.7 Å². The van der Waals surface area contributed by atoms with Crippen LogP contribution in [0.5, 0.6) is 0 Å². The first-order valence-electron chi connectivity index (χ1n) is 1.59. The van der Waals surface area contributed by atoms with Gasteiger partial charge >= 0.3 is 0 Å². The Balaban J connectivity index is 3.95. The summed E-state index contributed by atoms with van der Waals surface area (Å²) in [5, 5.41) is 0. The minimum absolute atomic E-state index is 1.04. The van der Waals surface area contributed by atoms with Crippen molar-refractivity contribution in [1.82, 2.24) is 0 Å². The Hall–Kier alpha value is 0.1000. The molecule has 0 saturated heterocycles. The lowest BCUT2D eigenvalue weighted by Gasteiger charge is -1.86. The Morgan fingerprint density at radius 2 is 1.88 bits per heavy atom. The summed E-state index contributed by atoms with van der Waals surface area (Å²) in [7, 11) is -7.32. The third kappa shape index (κ3) is 6.10. The Morgan fingerprint density at radius 3 is 1.88 bits per heavy atom. The summed E-state index contributed by atoms with van der Waals surface area (Å²) < 4.78 is 36.8. The van der Waals surface area contributed by atoms with Gasteiger partial charge in [-0.3, -0.25) is 9.12 Å². The maximum absolute atomic E-state index is 9.66. The molecule has 0 amide bonds. The second-order valence-electron chi connectivity index (χ2n) is 1.12. The highest BCUT2D eigenvalue weighted by Crippen LogP contribution is 2.13. The van der Waals surface area contributed by atoms with Gasteiger partial charge in [0, 0.05) is 0 Å². The van der Waals surface area contributed by atoms with Gasteiger partial charge in [-0.2, -0.15) is 8.42 Å². The smallest absolute Gasteiger partial charge is 0.274 e.